The number of benzene rings is 1. The molecule has 2 N–H and O–H groups in total. The van der Waals surface area contributed by atoms with E-state index in [0.29, 0.717) is 5.82 Å². The van der Waals surface area contributed by atoms with Crippen LogP contribution >= 0.6 is 15.9 Å². The molecule has 1 fully saturated rings. The predicted octanol–water partition coefficient (Wildman–Crippen LogP) is 2.85. The molecule has 110 valence electrons. The first-order valence-electron chi connectivity index (χ1n) is 7.08. The molecule has 0 radical (unpaired) electrons. The van der Waals surface area contributed by atoms with Crippen molar-refractivity contribution in [1.29, 1.82) is 0 Å². The van der Waals surface area contributed by atoms with Gasteiger partial charge in [-0.2, -0.15) is 0 Å². The van der Waals surface area contributed by atoms with E-state index in [1.54, 1.807) is 0 Å². The standard InChI is InChI=1S/C16H19BrN4/c1-20-6-8-21(9-7-20)14-4-2-12(3-5-14)13-10-15(17)16(18)19-11-13/h2-5,10-11H,6-9H2,1H3,(H2,18,19). The number of anilines is 2. The Morgan fingerprint density at radius 3 is 2.33 bits per heavy atom. The molecule has 0 atom stereocenters. The van der Waals surface area contributed by atoms with Crippen LogP contribution in [0, 0.1) is 0 Å². The largest absolute Gasteiger partial charge is 0.383 e. The van der Waals surface area contributed by atoms with E-state index < -0.39 is 0 Å². The third-order valence-corrected chi connectivity index (χ3v) is 4.57. The third kappa shape index (κ3) is 3.19. The van der Waals surface area contributed by atoms with Gasteiger partial charge in [-0.05, 0) is 46.7 Å². The molecule has 1 aromatic carbocycles. The molecule has 3 rings (SSSR count). The van der Waals surface area contributed by atoms with Gasteiger partial charge in [-0.3, -0.25) is 0 Å². The maximum atomic E-state index is 5.73. The number of nitrogens with two attached hydrogens (primary N) is 1. The van der Waals surface area contributed by atoms with Crippen molar-refractivity contribution in [3.8, 4) is 11.1 Å². The molecule has 1 saturated heterocycles. The minimum atomic E-state index is 0.521. The summed E-state index contributed by atoms with van der Waals surface area (Å²) in [7, 11) is 2.17. The summed E-state index contributed by atoms with van der Waals surface area (Å²) in [6.45, 7) is 4.42. The molecular formula is C16H19BrN4. The van der Waals surface area contributed by atoms with Gasteiger partial charge in [0, 0.05) is 43.6 Å². The highest BCUT2D eigenvalue weighted by Gasteiger charge is 2.14. The molecule has 2 heterocycles. The quantitative estimate of drug-likeness (QED) is 0.908. The number of pyridine rings is 1. The first kappa shape index (κ1) is 14.4. The molecule has 0 aliphatic carbocycles. The zero-order chi connectivity index (χ0) is 14.8. The van der Waals surface area contributed by atoms with Gasteiger partial charge in [0.2, 0.25) is 0 Å². The van der Waals surface area contributed by atoms with Crippen molar-refractivity contribution in [2.45, 2.75) is 0 Å². The Kier molecular flexibility index (Phi) is 4.12. The van der Waals surface area contributed by atoms with Crippen LogP contribution in [0.1, 0.15) is 0 Å². The SMILES string of the molecule is CN1CCN(c2ccc(-c3cnc(N)c(Br)c3)cc2)CC1. The van der Waals surface area contributed by atoms with Gasteiger partial charge in [0.25, 0.3) is 0 Å². The first-order chi connectivity index (χ1) is 10.1. The van der Waals surface area contributed by atoms with Gasteiger partial charge in [0.15, 0.2) is 0 Å². The van der Waals surface area contributed by atoms with E-state index in [9.17, 15) is 0 Å². The molecule has 1 aliphatic heterocycles. The predicted molar refractivity (Wildman–Crippen MR) is 91.5 cm³/mol. The lowest BCUT2D eigenvalue weighted by Gasteiger charge is -2.34. The zero-order valence-corrected chi connectivity index (χ0v) is 13.7. The molecule has 1 aliphatic rings. The van der Waals surface area contributed by atoms with E-state index >= 15 is 0 Å². The minimum Gasteiger partial charge on any atom is -0.383 e. The highest BCUT2D eigenvalue weighted by Crippen LogP contribution is 2.27. The van der Waals surface area contributed by atoms with Crippen molar-refractivity contribution >= 4 is 27.4 Å². The summed E-state index contributed by atoms with van der Waals surface area (Å²) in [5, 5.41) is 0. The van der Waals surface area contributed by atoms with E-state index in [1.165, 1.54) is 5.69 Å². The van der Waals surface area contributed by atoms with Crippen molar-refractivity contribution in [2.24, 2.45) is 0 Å². The fourth-order valence-corrected chi connectivity index (χ4v) is 2.88. The Morgan fingerprint density at radius 1 is 1.05 bits per heavy atom. The van der Waals surface area contributed by atoms with E-state index in [2.05, 4.69) is 62.0 Å². The van der Waals surface area contributed by atoms with E-state index in [-0.39, 0.29) is 0 Å². The maximum absolute atomic E-state index is 5.73. The summed E-state index contributed by atoms with van der Waals surface area (Å²) in [6.07, 6.45) is 1.81. The fourth-order valence-electron chi connectivity index (χ4n) is 2.54. The van der Waals surface area contributed by atoms with Crippen molar-refractivity contribution in [3.63, 3.8) is 0 Å². The van der Waals surface area contributed by atoms with Crippen molar-refractivity contribution in [3.05, 3.63) is 41.0 Å². The summed E-state index contributed by atoms with van der Waals surface area (Å²) in [5.41, 5.74) is 9.24. The topological polar surface area (TPSA) is 45.4 Å². The van der Waals surface area contributed by atoms with Crippen LogP contribution in [0.4, 0.5) is 11.5 Å². The lowest BCUT2D eigenvalue weighted by molar-refractivity contribution is 0.313. The minimum absolute atomic E-state index is 0.521. The second-order valence-corrected chi connectivity index (χ2v) is 6.28. The maximum Gasteiger partial charge on any atom is 0.137 e. The van der Waals surface area contributed by atoms with Crippen LogP contribution in [-0.2, 0) is 0 Å². The summed E-state index contributed by atoms with van der Waals surface area (Å²) >= 11 is 3.43. The van der Waals surface area contributed by atoms with Crippen LogP contribution in [0.15, 0.2) is 41.0 Å². The average molecular weight is 347 g/mol. The Morgan fingerprint density at radius 2 is 1.71 bits per heavy atom. The van der Waals surface area contributed by atoms with E-state index in [4.69, 9.17) is 5.73 Å². The van der Waals surface area contributed by atoms with Crippen LogP contribution in [0.25, 0.3) is 11.1 Å². The van der Waals surface area contributed by atoms with Gasteiger partial charge in [-0.25, -0.2) is 4.98 Å². The second kappa shape index (κ2) is 6.03. The number of likely N-dealkylation sites (N-methyl/N-ethyl adjacent to an activating group) is 1. The smallest absolute Gasteiger partial charge is 0.137 e. The number of nitrogen functional groups attached to an aromatic ring is 1. The highest BCUT2D eigenvalue weighted by atomic mass is 79.9. The highest BCUT2D eigenvalue weighted by molar-refractivity contribution is 9.10. The number of nitrogens with zero attached hydrogens (tertiary/aromatic N) is 3. The summed E-state index contributed by atoms with van der Waals surface area (Å²) in [4.78, 5) is 8.99. The van der Waals surface area contributed by atoms with Crippen LogP contribution in [0.3, 0.4) is 0 Å². The first-order valence-corrected chi connectivity index (χ1v) is 7.88. The Hall–Kier alpha value is -1.59. The molecule has 0 unspecified atom stereocenters. The lowest BCUT2D eigenvalue weighted by Crippen LogP contribution is -2.44. The second-order valence-electron chi connectivity index (χ2n) is 5.43. The summed E-state index contributed by atoms with van der Waals surface area (Å²) < 4.78 is 0.836. The molecule has 4 nitrogen and oxygen atoms in total. The van der Waals surface area contributed by atoms with Crippen molar-refractivity contribution in [2.75, 3.05) is 43.9 Å². The van der Waals surface area contributed by atoms with Crippen molar-refractivity contribution < 1.29 is 0 Å². The Balaban J connectivity index is 1.79. The third-order valence-electron chi connectivity index (χ3n) is 3.94. The van der Waals surface area contributed by atoms with Crippen LogP contribution in [0.5, 0.6) is 0 Å². The van der Waals surface area contributed by atoms with Crippen LogP contribution in [-0.4, -0.2) is 43.1 Å². The average Bonchev–Trinajstić information content (AvgIpc) is 2.51. The molecule has 2 aromatic rings. The monoisotopic (exact) mass is 346 g/mol. The molecular weight excluding hydrogens is 328 g/mol. The summed E-state index contributed by atoms with van der Waals surface area (Å²) in [6, 6.07) is 10.7. The van der Waals surface area contributed by atoms with Crippen molar-refractivity contribution in [1.82, 2.24) is 9.88 Å². The molecule has 5 heteroatoms. The molecule has 21 heavy (non-hydrogen) atoms. The number of piperazine rings is 1. The molecule has 1 aromatic heterocycles. The number of aromatic nitrogens is 1. The Bertz CT molecular complexity index is 619. The normalized spacial score (nSPS) is 16.2. The van der Waals surface area contributed by atoms with E-state index in [1.807, 2.05) is 12.3 Å². The lowest BCUT2D eigenvalue weighted by atomic mass is 10.1. The summed E-state index contributed by atoms with van der Waals surface area (Å²) in [5.74, 6) is 0.521. The number of hydrogen-bond acceptors (Lipinski definition) is 4. The van der Waals surface area contributed by atoms with Gasteiger partial charge in [0.05, 0.1) is 4.47 Å². The van der Waals surface area contributed by atoms with Gasteiger partial charge >= 0.3 is 0 Å². The molecule has 0 amide bonds. The molecule has 0 bridgehead atoms. The van der Waals surface area contributed by atoms with E-state index in [0.717, 1.165) is 41.8 Å². The molecule has 0 saturated carbocycles. The van der Waals surface area contributed by atoms with Gasteiger partial charge in [0.1, 0.15) is 5.82 Å². The van der Waals surface area contributed by atoms with Gasteiger partial charge < -0.3 is 15.5 Å². The van der Waals surface area contributed by atoms with Gasteiger partial charge in [-0.1, -0.05) is 12.1 Å². The fraction of sp³-hybridized carbons (Fsp3) is 0.312. The van der Waals surface area contributed by atoms with Gasteiger partial charge in [-0.15, -0.1) is 0 Å². The van der Waals surface area contributed by atoms with Crippen LogP contribution in [0.2, 0.25) is 0 Å². The molecule has 0 spiro atoms. The Labute approximate surface area is 133 Å². The number of halogens is 1. The zero-order valence-electron chi connectivity index (χ0n) is 12.1. The van der Waals surface area contributed by atoms with Crippen LogP contribution < -0.4 is 10.6 Å². The number of rotatable bonds is 2. The number of hydrogen-bond donors (Lipinski definition) is 1.